The number of anilines is 1. The summed E-state index contributed by atoms with van der Waals surface area (Å²) in [5.41, 5.74) is 5.26. The van der Waals surface area contributed by atoms with Gasteiger partial charge >= 0.3 is 0 Å². The Balaban J connectivity index is 2.08. The van der Waals surface area contributed by atoms with Crippen LogP contribution in [0.3, 0.4) is 0 Å². The predicted octanol–water partition coefficient (Wildman–Crippen LogP) is 3.32. The minimum atomic E-state index is 1.03. The highest BCUT2D eigenvalue weighted by Gasteiger charge is 2.15. The third-order valence-electron chi connectivity index (χ3n) is 3.53. The van der Waals surface area contributed by atoms with Gasteiger partial charge in [0, 0.05) is 24.3 Å². The van der Waals surface area contributed by atoms with Crippen molar-refractivity contribution in [1.29, 1.82) is 0 Å². The molecule has 0 amide bonds. The molecule has 1 N–H and O–H groups in total. The highest BCUT2D eigenvalue weighted by Crippen LogP contribution is 2.33. The minimum Gasteiger partial charge on any atom is -0.384 e. The van der Waals surface area contributed by atoms with Crippen molar-refractivity contribution in [2.24, 2.45) is 0 Å². The molecule has 0 saturated heterocycles. The van der Waals surface area contributed by atoms with Gasteiger partial charge in [-0.2, -0.15) is 0 Å². The number of nitrogens with zero attached hydrogens (tertiary/aromatic N) is 2. The van der Waals surface area contributed by atoms with Crippen LogP contribution in [-0.4, -0.2) is 16.1 Å². The van der Waals surface area contributed by atoms with Crippen LogP contribution < -0.4 is 5.32 Å². The number of aromatic nitrogens is 2. The van der Waals surface area contributed by atoms with Crippen molar-refractivity contribution < 1.29 is 0 Å². The third-order valence-corrected chi connectivity index (χ3v) is 3.53. The van der Waals surface area contributed by atoms with E-state index in [9.17, 15) is 0 Å². The van der Waals surface area contributed by atoms with Gasteiger partial charge in [0.2, 0.25) is 0 Å². The van der Waals surface area contributed by atoms with Crippen LogP contribution in [0.5, 0.6) is 0 Å². The van der Waals surface area contributed by atoms with E-state index < -0.39 is 0 Å². The molecule has 0 radical (unpaired) electrons. The molecule has 0 saturated carbocycles. The monoisotopic (exact) mass is 241 g/mol. The number of hydrogen-bond donors (Lipinski definition) is 1. The number of benzene rings is 1. The smallest absolute Gasteiger partial charge is 0.0950 e. The van der Waals surface area contributed by atoms with Crippen molar-refractivity contribution in [3.63, 3.8) is 0 Å². The summed E-state index contributed by atoms with van der Waals surface area (Å²) in [6.07, 6.45) is 7.44. The average Bonchev–Trinajstić information content (AvgIpc) is 2.87. The van der Waals surface area contributed by atoms with Gasteiger partial charge in [0.1, 0.15) is 0 Å². The first-order chi connectivity index (χ1) is 8.90. The van der Waals surface area contributed by atoms with Gasteiger partial charge in [-0.15, -0.1) is 0 Å². The normalized spacial score (nSPS) is 14.1. The van der Waals surface area contributed by atoms with Gasteiger partial charge in [-0.25, -0.2) is 4.98 Å². The van der Waals surface area contributed by atoms with Crippen molar-refractivity contribution in [2.75, 3.05) is 11.9 Å². The Morgan fingerprint density at radius 2 is 2.33 bits per heavy atom. The number of aryl methyl sites for hydroxylation is 2. The van der Waals surface area contributed by atoms with Gasteiger partial charge < -0.3 is 9.88 Å². The van der Waals surface area contributed by atoms with E-state index >= 15 is 0 Å². The van der Waals surface area contributed by atoms with Gasteiger partial charge in [0.05, 0.1) is 18.2 Å². The molecule has 1 aliphatic rings. The van der Waals surface area contributed by atoms with Gasteiger partial charge in [-0.05, 0) is 24.8 Å². The summed E-state index contributed by atoms with van der Waals surface area (Å²) in [5, 5.41) is 3.55. The topological polar surface area (TPSA) is 29.9 Å². The van der Waals surface area contributed by atoms with E-state index in [-0.39, 0.29) is 0 Å². The van der Waals surface area contributed by atoms with E-state index in [4.69, 9.17) is 0 Å². The van der Waals surface area contributed by atoms with Crippen molar-refractivity contribution in [3.05, 3.63) is 36.3 Å². The zero-order chi connectivity index (χ0) is 12.4. The Hall–Kier alpha value is -1.77. The highest BCUT2D eigenvalue weighted by atomic mass is 15.0. The molecule has 18 heavy (non-hydrogen) atoms. The maximum absolute atomic E-state index is 4.30. The van der Waals surface area contributed by atoms with E-state index in [2.05, 4.69) is 40.0 Å². The summed E-state index contributed by atoms with van der Waals surface area (Å²) in [6.45, 7) is 4.30. The van der Waals surface area contributed by atoms with Gasteiger partial charge in [0.25, 0.3) is 0 Å². The number of nitrogens with one attached hydrogen (secondary N) is 1. The van der Waals surface area contributed by atoms with E-state index in [0.29, 0.717) is 0 Å². The summed E-state index contributed by atoms with van der Waals surface area (Å²) in [4.78, 5) is 4.30. The summed E-state index contributed by atoms with van der Waals surface area (Å²) >= 11 is 0. The fourth-order valence-electron chi connectivity index (χ4n) is 2.69. The molecule has 3 heteroatoms. The molecular weight excluding hydrogens is 222 g/mol. The van der Waals surface area contributed by atoms with Crippen molar-refractivity contribution >= 4 is 5.69 Å². The molecule has 0 unspecified atom stereocenters. The Kier molecular flexibility index (Phi) is 3.05. The van der Waals surface area contributed by atoms with Crippen LogP contribution in [0.25, 0.3) is 11.3 Å². The Morgan fingerprint density at radius 3 is 3.22 bits per heavy atom. The molecule has 3 nitrogen and oxygen atoms in total. The molecule has 1 aliphatic heterocycles. The van der Waals surface area contributed by atoms with Crippen molar-refractivity contribution in [1.82, 2.24) is 9.55 Å². The first-order valence-electron chi connectivity index (χ1n) is 6.76. The zero-order valence-electron chi connectivity index (χ0n) is 10.8. The van der Waals surface area contributed by atoms with Crippen LogP contribution in [0.1, 0.15) is 25.3 Å². The highest BCUT2D eigenvalue weighted by molar-refractivity contribution is 5.78. The molecule has 2 aromatic rings. The van der Waals surface area contributed by atoms with E-state index in [1.165, 1.54) is 35.3 Å². The molecule has 0 bridgehead atoms. The van der Waals surface area contributed by atoms with Gasteiger partial charge in [-0.1, -0.05) is 25.1 Å². The summed E-state index contributed by atoms with van der Waals surface area (Å²) in [6, 6.07) is 6.58. The average molecular weight is 241 g/mol. The summed E-state index contributed by atoms with van der Waals surface area (Å²) in [5.74, 6) is 0. The molecule has 1 aromatic heterocycles. The fraction of sp³-hybridized carbons (Fsp3) is 0.400. The second-order valence-electron chi connectivity index (χ2n) is 4.84. The van der Waals surface area contributed by atoms with Gasteiger partial charge in [0.15, 0.2) is 0 Å². The number of hydrogen-bond acceptors (Lipinski definition) is 2. The molecule has 0 spiro atoms. The maximum Gasteiger partial charge on any atom is 0.0950 e. The molecular formula is C15H19N3. The van der Waals surface area contributed by atoms with E-state index in [0.717, 1.165) is 19.5 Å². The first-order valence-corrected chi connectivity index (χ1v) is 6.76. The molecule has 0 fully saturated rings. The Labute approximate surface area is 108 Å². The lowest BCUT2D eigenvalue weighted by molar-refractivity contribution is 0.684. The maximum atomic E-state index is 4.30. The van der Waals surface area contributed by atoms with Crippen molar-refractivity contribution in [3.8, 4) is 11.3 Å². The lowest BCUT2D eigenvalue weighted by Gasteiger charge is -2.21. The molecule has 3 rings (SSSR count). The van der Waals surface area contributed by atoms with E-state index in [1.807, 2.05) is 12.5 Å². The lowest BCUT2D eigenvalue weighted by atomic mass is 9.98. The van der Waals surface area contributed by atoms with E-state index in [1.54, 1.807) is 0 Å². The number of imidazole rings is 1. The molecule has 0 aliphatic carbocycles. The van der Waals surface area contributed by atoms with Crippen LogP contribution >= 0.6 is 0 Å². The standard InChI is InChI=1S/C15H19N3/c1-2-9-18-11-16-10-14(18)13-7-3-5-12-6-4-8-17-15(12)13/h3,5,7,10-11,17H,2,4,6,8-9H2,1H3. The van der Waals surface area contributed by atoms with Crippen LogP contribution in [0.2, 0.25) is 0 Å². The SMILES string of the molecule is CCCn1cncc1-c1cccc2c1NCCC2. The van der Waals surface area contributed by atoms with Crippen LogP contribution in [0.4, 0.5) is 5.69 Å². The van der Waals surface area contributed by atoms with Gasteiger partial charge in [-0.3, -0.25) is 0 Å². The lowest BCUT2D eigenvalue weighted by Crippen LogP contribution is -2.13. The molecule has 1 aromatic carbocycles. The van der Waals surface area contributed by atoms with Crippen molar-refractivity contribution in [2.45, 2.75) is 32.7 Å². The first kappa shape index (κ1) is 11.3. The zero-order valence-corrected chi connectivity index (χ0v) is 10.8. The second kappa shape index (κ2) is 4.84. The summed E-state index contributed by atoms with van der Waals surface area (Å²) in [7, 11) is 0. The van der Waals surface area contributed by atoms with Crippen LogP contribution in [0, 0.1) is 0 Å². The number of fused-ring (bicyclic) bond motifs is 1. The number of rotatable bonds is 3. The molecule has 94 valence electrons. The molecule has 2 heterocycles. The van der Waals surface area contributed by atoms with Crippen LogP contribution in [-0.2, 0) is 13.0 Å². The van der Waals surface area contributed by atoms with Crippen LogP contribution in [0.15, 0.2) is 30.7 Å². The largest absolute Gasteiger partial charge is 0.384 e. The minimum absolute atomic E-state index is 1.03. The fourth-order valence-corrected chi connectivity index (χ4v) is 2.69. The Morgan fingerprint density at radius 1 is 1.39 bits per heavy atom. The second-order valence-corrected chi connectivity index (χ2v) is 4.84. The molecule has 0 atom stereocenters. The Bertz CT molecular complexity index is 542. The quantitative estimate of drug-likeness (QED) is 0.893. The summed E-state index contributed by atoms with van der Waals surface area (Å²) < 4.78 is 2.24. The third kappa shape index (κ3) is 1.90. The predicted molar refractivity (Wildman–Crippen MR) is 74.8 cm³/mol. The number of para-hydroxylation sites is 1.